The normalized spacial score (nSPS) is 12.0. The predicted octanol–water partition coefficient (Wildman–Crippen LogP) is 4.51. The molecule has 28 heavy (non-hydrogen) atoms. The van der Waals surface area contributed by atoms with Gasteiger partial charge < -0.3 is 9.72 Å². The van der Waals surface area contributed by atoms with Crippen molar-refractivity contribution in [3.8, 4) is 0 Å². The lowest BCUT2D eigenvalue weighted by molar-refractivity contribution is 0.0939. The first kappa shape index (κ1) is 18.3. The summed E-state index contributed by atoms with van der Waals surface area (Å²) in [6.45, 7) is 1.93. The van der Waals surface area contributed by atoms with Crippen molar-refractivity contribution >= 4 is 23.3 Å². The Hall–Kier alpha value is -3.12. The molecule has 0 radical (unpaired) electrons. The number of aromatic nitrogens is 3. The van der Waals surface area contributed by atoms with E-state index in [1.807, 2.05) is 84.4 Å². The molecule has 1 N–H and O–H groups in total. The third-order valence-corrected chi connectivity index (χ3v) is 5.44. The number of imidazole rings is 1. The highest BCUT2D eigenvalue weighted by Gasteiger charge is 2.12. The Morgan fingerprint density at radius 2 is 1.93 bits per heavy atom. The van der Waals surface area contributed by atoms with Crippen molar-refractivity contribution in [1.82, 2.24) is 19.7 Å². The van der Waals surface area contributed by atoms with Crippen LogP contribution < -0.4 is 5.32 Å². The second kappa shape index (κ2) is 8.27. The van der Waals surface area contributed by atoms with E-state index in [0.717, 1.165) is 27.7 Å². The van der Waals surface area contributed by atoms with Crippen LogP contribution in [0, 0.1) is 0 Å². The maximum absolute atomic E-state index is 12.5. The molecule has 0 saturated carbocycles. The Morgan fingerprint density at radius 1 is 1.11 bits per heavy atom. The Bertz CT molecular complexity index is 1040. The molecule has 0 bridgehead atoms. The van der Waals surface area contributed by atoms with Gasteiger partial charge in [-0.2, -0.15) is 0 Å². The van der Waals surface area contributed by atoms with Gasteiger partial charge in [0.2, 0.25) is 0 Å². The fraction of sp³-hybridized carbons (Fsp3) is 0.136. The van der Waals surface area contributed by atoms with Gasteiger partial charge in [-0.25, -0.2) is 4.98 Å². The van der Waals surface area contributed by atoms with Crippen molar-refractivity contribution in [2.45, 2.75) is 23.6 Å². The van der Waals surface area contributed by atoms with E-state index < -0.39 is 0 Å². The third-order valence-electron chi connectivity index (χ3n) is 4.40. The molecule has 0 aliphatic heterocycles. The monoisotopic (exact) mass is 388 g/mol. The van der Waals surface area contributed by atoms with Crippen LogP contribution in [0.15, 0.2) is 84.1 Å². The summed E-state index contributed by atoms with van der Waals surface area (Å²) >= 11 is 1.70. The first-order chi connectivity index (χ1) is 13.7. The highest BCUT2D eigenvalue weighted by molar-refractivity contribution is 7.98. The second-order valence-electron chi connectivity index (χ2n) is 6.46. The van der Waals surface area contributed by atoms with Crippen molar-refractivity contribution in [2.75, 3.05) is 0 Å². The van der Waals surface area contributed by atoms with Gasteiger partial charge in [-0.3, -0.25) is 9.78 Å². The first-order valence-corrected chi connectivity index (χ1v) is 10.0. The molecule has 4 aromatic rings. The van der Waals surface area contributed by atoms with E-state index in [0.29, 0.717) is 5.56 Å². The standard InChI is InChI=1S/C22H20N4OS/c1-16(20-6-2-4-12-23-20)24-22(27)17-8-10-19(11-9-17)28-15-18-14-26-13-5-3-7-21(26)25-18/h2-14,16H,15H2,1H3,(H,24,27). The number of hydrogen-bond acceptors (Lipinski definition) is 4. The van der Waals surface area contributed by atoms with E-state index in [9.17, 15) is 4.79 Å². The minimum atomic E-state index is -0.141. The van der Waals surface area contributed by atoms with Crippen molar-refractivity contribution < 1.29 is 4.79 Å². The van der Waals surface area contributed by atoms with E-state index in [2.05, 4.69) is 15.3 Å². The fourth-order valence-electron chi connectivity index (χ4n) is 2.90. The molecule has 0 aliphatic carbocycles. The van der Waals surface area contributed by atoms with Crippen LogP contribution in [0.2, 0.25) is 0 Å². The van der Waals surface area contributed by atoms with Gasteiger partial charge in [-0.15, -0.1) is 11.8 Å². The molecule has 1 amide bonds. The number of fused-ring (bicyclic) bond motifs is 1. The number of amides is 1. The Morgan fingerprint density at radius 3 is 2.68 bits per heavy atom. The van der Waals surface area contributed by atoms with Crippen LogP contribution in [0.5, 0.6) is 0 Å². The number of nitrogens with zero attached hydrogens (tertiary/aromatic N) is 3. The van der Waals surface area contributed by atoms with E-state index in [-0.39, 0.29) is 11.9 Å². The maximum Gasteiger partial charge on any atom is 0.251 e. The highest BCUT2D eigenvalue weighted by atomic mass is 32.2. The van der Waals surface area contributed by atoms with Crippen LogP contribution >= 0.6 is 11.8 Å². The Labute approximate surface area is 167 Å². The average Bonchev–Trinajstić information content (AvgIpc) is 3.16. The van der Waals surface area contributed by atoms with E-state index >= 15 is 0 Å². The number of hydrogen-bond donors (Lipinski definition) is 1. The third kappa shape index (κ3) is 4.23. The zero-order valence-corrected chi connectivity index (χ0v) is 16.3. The summed E-state index contributed by atoms with van der Waals surface area (Å²) in [4.78, 5) is 22.5. The van der Waals surface area contributed by atoms with Gasteiger partial charge in [0.05, 0.1) is 17.4 Å². The van der Waals surface area contributed by atoms with E-state index in [4.69, 9.17) is 0 Å². The molecule has 1 aromatic carbocycles. The molecule has 5 nitrogen and oxygen atoms in total. The topological polar surface area (TPSA) is 59.3 Å². The highest BCUT2D eigenvalue weighted by Crippen LogP contribution is 2.23. The van der Waals surface area contributed by atoms with Crippen LogP contribution in [0.1, 0.15) is 34.7 Å². The molecule has 4 rings (SSSR count). The molecule has 0 saturated heterocycles. The summed E-state index contributed by atoms with van der Waals surface area (Å²) in [6.07, 6.45) is 5.77. The number of benzene rings is 1. The van der Waals surface area contributed by atoms with Gasteiger partial charge in [0.15, 0.2) is 0 Å². The molecular formula is C22H20N4OS. The van der Waals surface area contributed by atoms with Gasteiger partial charge in [0.25, 0.3) is 5.91 Å². The number of carbonyl (C=O) groups is 1. The quantitative estimate of drug-likeness (QED) is 0.494. The van der Waals surface area contributed by atoms with Gasteiger partial charge in [0.1, 0.15) is 5.65 Å². The molecule has 3 heterocycles. The van der Waals surface area contributed by atoms with Crippen molar-refractivity contribution in [1.29, 1.82) is 0 Å². The van der Waals surface area contributed by atoms with Crippen molar-refractivity contribution in [2.24, 2.45) is 0 Å². The molecule has 140 valence electrons. The lowest BCUT2D eigenvalue weighted by atomic mass is 10.1. The van der Waals surface area contributed by atoms with Gasteiger partial charge in [-0.1, -0.05) is 12.1 Å². The zero-order valence-electron chi connectivity index (χ0n) is 15.4. The predicted molar refractivity (Wildman–Crippen MR) is 111 cm³/mol. The average molecular weight is 388 g/mol. The molecule has 6 heteroatoms. The minimum absolute atomic E-state index is 0.102. The Kier molecular flexibility index (Phi) is 5.39. The van der Waals surface area contributed by atoms with Crippen LogP contribution in [-0.4, -0.2) is 20.3 Å². The summed E-state index contributed by atoms with van der Waals surface area (Å²) in [6, 6.07) is 19.2. The summed E-state index contributed by atoms with van der Waals surface area (Å²) in [5.74, 6) is 0.680. The van der Waals surface area contributed by atoms with E-state index in [1.54, 1.807) is 18.0 Å². The van der Waals surface area contributed by atoms with Gasteiger partial charge in [-0.05, 0) is 55.5 Å². The van der Waals surface area contributed by atoms with Crippen LogP contribution in [0.3, 0.4) is 0 Å². The van der Waals surface area contributed by atoms with Crippen molar-refractivity contribution in [3.05, 3.63) is 96.2 Å². The number of carbonyl (C=O) groups excluding carboxylic acids is 1. The van der Waals surface area contributed by atoms with Crippen LogP contribution in [0.4, 0.5) is 0 Å². The summed E-state index contributed by atoms with van der Waals surface area (Å²) in [5, 5.41) is 2.98. The molecule has 1 atom stereocenters. The molecule has 0 fully saturated rings. The molecule has 0 aliphatic rings. The number of rotatable bonds is 6. The summed E-state index contributed by atoms with van der Waals surface area (Å²) < 4.78 is 2.02. The molecule has 1 unspecified atom stereocenters. The number of pyridine rings is 2. The van der Waals surface area contributed by atoms with Gasteiger partial charge >= 0.3 is 0 Å². The second-order valence-corrected chi connectivity index (χ2v) is 7.51. The SMILES string of the molecule is CC(NC(=O)c1ccc(SCc2cn3ccccc3n2)cc1)c1ccccn1. The Balaban J connectivity index is 1.36. The lowest BCUT2D eigenvalue weighted by Crippen LogP contribution is -2.27. The lowest BCUT2D eigenvalue weighted by Gasteiger charge is -2.13. The van der Waals surface area contributed by atoms with Crippen LogP contribution in [-0.2, 0) is 5.75 Å². The number of nitrogens with one attached hydrogen (secondary N) is 1. The molecule has 3 aromatic heterocycles. The summed E-state index contributed by atoms with van der Waals surface area (Å²) in [5.41, 5.74) is 3.46. The van der Waals surface area contributed by atoms with E-state index in [1.165, 1.54) is 0 Å². The smallest absolute Gasteiger partial charge is 0.251 e. The fourth-order valence-corrected chi connectivity index (χ4v) is 3.68. The number of thioether (sulfide) groups is 1. The molecule has 0 spiro atoms. The zero-order chi connectivity index (χ0) is 19.3. The summed E-state index contributed by atoms with van der Waals surface area (Å²) in [7, 11) is 0. The minimum Gasteiger partial charge on any atom is -0.344 e. The largest absolute Gasteiger partial charge is 0.344 e. The van der Waals surface area contributed by atoms with Crippen LogP contribution in [0.25, 0.3) is 5.65 Å². The van der Waals surface area contributed by atoms with Gasteiger partial charge in [0, 0.05) is 34.8 Å². The first-order valence-electron chi connectivity index (χ1n) is 9.06. The molecular weight excluding hydrogens is 368 g/mol. The maximum atomic E-state index is 12.5. The van der Waals surface area contributed by atoms with Crippen molar-refractivity contribution in [3.63, 3.8) is 0 Å².